The number of aromatic nitrogens is 2. The van der Waals surface area contributed by atoms with Gasteiger partial charge in [0, 0.05) is 17.6 Å². The van der Waals surface area contributed by atoms with E-state index in [9.17, 15) is 13.2 Å². The van der Waals surface area contributed by atoms with Crippen molar-refractivity contribution in [3.05, 3.63) is 65.9 Å². The molecule has 0 saturated heterocycles. The van der Waals surface area contributed by atoms with Crippen molar-refractivity contribution in [1.29, 1.82) is 0 Å². The first-order valence-electron chi connectivity index (χ1n) is 11.4. The molecule has 34 heavy (non-hydrogen) atoms. The number of ether oxygens (including phenoxy) is 1. The summed E-state index contributed by atoms with van der Waals surface area (Å²) in [5.41, 5.74) is 1.26. The summed E-state index contributed by atoms with van der Waals surface area (Å²) in [7, 11) is 0. The fraction of sp³-hybridized carbons (Fsp3) is 0.385. The number of nitrogens with one attached hydrogen (secondary N) is 2. The van der Waals surface area contributed by atoms with E-state index in [1.54, 1.807) is 24.3 Å². The average molecular weight is 471 g/mol. The van der Waals surface area contributed by atoms with Gasteiger partial charge in [-0.25, -0.2) is 4.98 Å². The van der Waals surface area contributed by atoms with Gasteiger partial charge in [0.1, 0.15) is 17.1 Å². The Hall–Kier alpha value is -3.29. The van der Waals surface area contributed by atoms with Gasteiger partial charge in [-0.1, -0.05) is 32.9 Å². The van der Waals surface area contributed by atoms with Crippen LogP contribution in [0.25, 0.3) is 0 Å². The fourth-order valence-electron chi connectivity index (χ4n) is 3.88. The summed E-state index contributed by atoms with van der Waals surface area (Å²) in [5, 5.41) is 5.78. The Labute approximate surface area is 197 Å². The fourth-order valence-corrected chi connectivity index (χ4v) is 3.88. The number of anilines is 4. The van der Waals surface area contributed by atoms with Crippen molar-refractivity contribution >= 4 is 23.1 Å². The summed E-state index contributed by atoms with van der Waals surface area (Å²) < 4.78 is 46.7. The van der Waals surface area contributed by atoms with Crippen molar-refractivity contribution in [2.24, 2.45) is 0 Å². The highest BCUT2D eigenvalue weighted by Gasteiger charge is 2.35. The Morgan fingerprint density at radius 1 is 0.853 bits per heavy atom. The minimum Gasteiger partial charge on any atom is -0.490 e. The third kappa shape index (κ3) is 5.98. The summed E-state index contributed by atoms with van der Waals surface area (Å²) in [5.74, 6) is 0.521. The van der Waals surface area contributed by atoms with Gasteiger partial charge in [-0.2, -0.15) is 18.2 Å². The highest BCUT2D eigenvalue weighted by atomic mass is 19.4. The lowest BCUT2D eigenvalue weighted by Crippen LogP contribution is -2.13. The van der Waals surface area contributed by atoms with Gasteiger partial charge in [0.2, 0.25) is 5.95 Å². The normalized spacial score (nSPS) is 14.8. The van der Waals surface area contributed by atoms with E-state index < -0.39 is 11.7 Å². The molecule has 1 fully saturated rings. The van der Waals surface area contributed by atoms with E-state index in [1.165, 1.54) is 12.8 Å². The van der Waals surface area contributed by atoms with Crippen LogP contribution in [-0.2, 0) is 11.6 Å². The lowest BCUT2D eigenvalue weighted by atomic mass is 9.87. The van der Waals surface area contributed by atoms with Crippen molar-refractivity contribution in [2.45, 2.75) is 64.1 Å². The van der Waals surface area contributed by atoms with E-state index in [2.05, 4.69) is 41.4 Å². The van der Waals surface area contributed by atoms with Crippen molar-refractivity contribution in [3.8, 4) is 5.75 Å². The Kier molecular flexibility index (Phi) is 6.68. The molecule has 0 bridgehead atoms. The topological polar surface area (TPSA) is 59.1 Å². The summed E-state index contributed by atoms with van der Waals surface area (Å²) in [6.45, 7) is 6.23. The van der Waals surface area contributed by atoms with E-state index in [0.717, 1.165) is 30.4 Å². The van der Waals surface area contributed by atoms with Crippen LogP contribution in [0.4, 0.5) is 36.3 Å². The third-order valence-corrected chi connectivity index (χ3v) is 5.82. The van der Waals surface area contributed by atoms with Crippen LogP contribution in [0, 0.1) is 0 Å². The quantitative estimate of drug-likeness (QED) is 0.388. The standard InChI is InChI=1S/C26H29F3N4O/c1-25(2,3)17-8-10-18(11-9-17)31-23-22(26(27,28)29)16-30-24(33-23)32-19-12-14-21(15-13-19)34-20-6-4-5-7-20/h8-16,20H,4-7H2,1-3H3,(H2,30,31,32,33). The Morgan fingerprint density at radius 2 is 1.44 bits per heavy atom. The summed E-state index contributed by atoms with van der Waals surface area (Å²) >= 11 is 0. The molecule has 0 atom stereocenters. The SMILES string of the molecule is CC(C)(C)c1ccc(Nc2nc(Nc3ccc(OC4CCCC4)cc3)ncc2C(F)(F)F)cc1. The molecule has 0 unspecified atom stereocenters. The Bertz CT molecular complexity index is 1100. The van der Waals surface area contributed by atoms with Crippen molar-refractivity contribution in [3.63, 3.8) is 0 Å². The number of hydrogen-bond donors (Lipinski definition) is 2. The molecule has 4 rings (SSSR count). The smallest absolute Gasteiger partial charge is 0.421 e. The van der Waals surface area contributed by atoms with Crippen LogP contribution in [0.5, 0.6) is 5.75 Å². The van der Waals surface area contributed by atoms with Gasteiger partial charge in [-0.05, 0) is 73.1 Å². The Balaban J connectivity index is 1.52. The number of rotatable bonds is 6. The monoisotopic (exact) mass is 470 g/mol. The lowest BCUT2D eigenvalue weighted by Gasteiger charge is -2.20. The van der Waals surface area contributed by atoms with E-state index in [-0.39, 0.29) is 23.3 Å². The summed E-state index contributed by atoms with van der Waals surface area (Å²) in [4.78, 5) is 8.00. The van der Waals surface area contributed by atoms with E-state index in [4.69, 9.17) is 4.74 Å². The predicted octanol–water partition coefficient (Wildman–Crippen LogP) is 7.60. The molecule has 5 nitrogen and oxygen atoms in total. The molecule has 0 amide bonds. The second kappa shape index (κ2) is 9.52. The van der Waals surface area contributed by atoms with E-state index in [1.807, 2.05) is 24.3 Å². The van der Waals surface area contributed by atoms with Crippen LogP contribution in [-0.4, -0.2) is 16.1 Å². The van der Waals surface area contributed by atoms with Gasteiger partial charge < -0.3 is 15.4 Å². The van der Waals surface area contributed by atoms with Crippen LogP contribution in [0.2, 0.25) is 0 Å². The molecule has 0 spiro atoms. The van der Waals surface area contributed by atoms with E-state index >= 15 is 0 Å². The van der Waals surface area contributed by atoms with Crippen LogP contribution >= 0.6 is 0 Å². The molecule has 0 radical (unpaired) electrons. The number of halogens is 3. The number of alkyl halides is 3. The summed E-state index contributed by atoms with van der Waals surface area (Å²) in [6.07, 6.45) is 0.953. The zero-order valence-corrected chi connectivity index (χ0v) is 19.5. The highest BCUT2D eigenvalue weighted by molar-refractivity contribution is 5.63. The van der Waals surface area contributed by atoms with Crippen molar-refractivity contribution < 1.29 is 17.9 Å². The summed E-state index contributed by atoms with van der Waals surface area (Å²) in [6, 6.07) is 14.5. The van der Waals surface area contributed by atoms with Crippen LogP contribution in [0.1, 0.15) is 57.6 Å². The van der Waals surface area contributed by atoms with Gasteiger partial charge in [-0.15, -0.1) is 0 Å². The van der Waals surface area contributed by atoms with Gasteiger partial charge in [0.25, 0.3) is 0 Å². The lowest BCUT2D eigenvalue weighted by molar-refractivity contribution is -0.137. The first-order chi connectivity index (χ1) is 16.1. The van der Waals surface area contributed by atoms with Crippen molar-refractivity contribution in [2.75, 3.05) is 10.6 Å². The molecule has 1 aliphatic rings. The minimum absolute atomic E-state index is 0.0562. The molecule has 180 valence electrons. The molecule has 1 saturated carbocycles. The van der Waals surface area contributed by atoms with Gasteiger partial charge >= 0.3 is 6.18 Å². The molecule has 1 aliphatic carbocycles. The van der Waals surface area contributed by atoms with Crippen LogP contribution < -0.4 is 15.4 Å². The largest absolute Gasteiger partial charge is 0.490 e. The maximum atomic E-state index is 13.6. The first kappa shape index (κ1) is 23.9. The molecule has 0 aliphatic heterocycles. The van der Waals surface area contributed by atoms with Crippen LogP contribution in [0.15, 0.2) is 54.7 Å². The maximum Gasteiger partial charge on any atom is 0.421 e. The molecule has 8 heteroatoms. The van der Waals surface area contributed by atoms with Gasteiger partial charge in [-0.3, -0.25) is 0 Å². The molecule has 3 aromatic rings. The molecular weight excluding hydrogens is 441 g/mol. The molecule has 1 heterocycles. The van der Waals surface area contributed by atoms with Gasteiger partial charge in [0.05, 0.1) is 6.10 Å². The second-order valence-corrected chi connectivity index (χ2v) is 9.58. The first-order valence-corrected chi connectivity index (χ1v) is 11.4. The number of nitrogens with zero attached hydrogens (tertiary/aromatic N) is 2. The molecule has 2 N–H and O–H groups in total. The van der Waals surface area contributed by atoms with E-state index in [0.29, 0.717) is 11.4 Å². The maximum absolute atomic E-state index is 13.6. The zero-order valence-electron chi connectivity index (χ0n) is 19.5. The molecule has 1 aromatic heterocycles. The average Bonchev–Trinajstić information content (AvgIpc) is 3.27. The zero-order chi connectivity index (χ0) is 24.3. The van der Waals surface area contributed by atoms with Crippen molar-refractivity contribution in [1.82, 2.24) is 9.97 Å². The third-order valence-electron chi connectivity index (χ3n) is 5.82. The Morgan fingerprint density at radius 3 is 2.03 bits per heavy atom. The van der Waals surface area contributed by atoms with Gasteiger partial charge in [0.15, 0.2) is 0 Å². The molecular formula is C26H29F3N4O. The highest BCUT2D eigenvalue weighted by Crippen LogP contribution is 2.36. The second-order valence-electron chi connectivity index (χ2n) is 9.58. The number of hydrogen-bond acceptors (Lipinski definition) is 5. The number of benzene rings is 2. The molecule has 2 aromatic carbocycles. The predicted molar refractivity (Wildman–Crippen MR) is 128 cm³/mol. The minimum atomic E-state index is -4.59. The van der Waals surface area contributed by atoms with Crippen LogP contribution in [0.3, 0.4) is 0 Å².